The number of nitrogens with zero attached hydrogens (tertiary/aromatic N) is 4. The molecule has 11 heteroatoms. The first kappa shape index (κ1) is 22.9. The quantitative estimate of drug-likeness (QED) is 0.377. The van der Waals surface area contributed by atoms with E-state index in [1.54, 1.807) is 50.2 Å². The molecular formula is C19H21Cl2N5O2S2. The number of thioether (sulfide) groups is 1. The van der Waals surface area contributed by atoms with Gasteiger partial charge in [0.1, 0.15) is 0 Å². The maximum atomic E-state index is 12.8. The van der Waals surface area contributed by atoms with Crippen LogP contribution in [0.25, 0.3) is 11.4 Å². The number of benzene rings is 2. The Hall–Kier alpha value is -1.78. The van der Waals surface area contributed by atoms with Gasteiger partial charge in [-0.3, -0.25) is 0 Å². The molecule has 0 unspecified atom stereocenters. The van der Waals surface area contributed by atoms with Gasteiger partial charge in [-0.25, -0.2) is 13.1 Å². The monoisotopic (exact) mass is 485 g/mol. The highest BCUT2D eigenvalue weighted by atomic mass is 35.5. The van der Waals surface area contributed by atoms with Crippen LogP contribution in [0.2, 0.25) is 10.0 Å². The molecule has 0 bridgehead atoms. The third kappa shape index (κ3) is 4.76. The van der Waals surface area contributed by atoms with Crippen molar-refractivity contribution in [2.75, 3.05) is 18.9 Å². The van der Waals surface area contributed by atoms with Crippen LogP contribution in [0.15, 0.2) is 52.5 Å². The van der Waals surface area contributed by atoms with E-state index in [2.05, 4.69) is 10.2 Å². The molecule has 0 aliphatic heterocycles. The summed E-state index contributed by atoms with van der Waals surface area (Å²) in [6.45, 7) is 4.39. The summed E-state index contributed by atoms with van der Waals surface area (Å²) < 4.78 is 28.4. The summed E-state index contributed by atoms with van der Waals surface area (Å²) in [7, 11) is -3.59. The Morgan fingerprint density at radius 3 is 2.50 bits per heavy atom. The first-order valence-electron chi connectivity index (χ1n) is 9.15. The molecule has 0 saturated carbocycles. The Morgan fingerprint density at radius 2 is 1.83 bits per heavy atom. The SMILES string of the molecule is CCN(CC)S(=O)(=O)c1cccc(-c2nnc(SCc3ccc(Cl)cc3Cl)n2N)c1. The van der Waals surface area contributed by atoms with Gasteiger partial charge in [-0.15, -0.1) is 10.2 Å². The lowest BCUT2D eigenvalue weighted by Crippen LogP contribution is -2.30. The van der Waals surface area contributed by atoms with Gasteiger partial charge in [0.2, 0.25) is 15.2 Å². The largest absolute Gasteiger partial charge is 0.335 e. The van der Waals surface area contributed by atoms with Crippen LogP contribution in [0, 0.1) is 0 Å². The standard InChI is InChI=1S/C19H21Cl2N5O2S2/c1-3-25(4-2)30(27,28)16-7-5-6-13(10-16)18-23-24-19(26(18)22)29-12-14-8-9-15(20)11-17(14)21/h5-11H,3-4,12,22H2,1-2H3. The lowest BCUT2D eigenvalue weighted by Gasteiger charge is -2.18. The zero-order chi connectivity index (χ0) is 21.9. The van der Waals surface area contributed by atoms with Crippen molar-refractivity contribution in [3.63, 3.8) is 0 Å². The average Bonchev–Trinajstić information content (AvgIpc) is 3.08. The van der Waals surface area contributed by atoms with E-state index in [1.807, 2.05) is 6.07 Å². The number of sulfonamides is 1. The second-order valence-corrected chi connectivity index (χ2v) is 10.0. The summed E-state index contributed by atoms with van der Waals surface area (Å²) in [5.74, 6) is 7.09. The summed E-state index contributed by atoms with van der Waals surface area (Å²) >= 11 is 13.5. The predicted molar refractivity (Wildman–Crippen MR) is 122 cm³/mol. The lowest BCUT2D eigenvalue weighted by molar-refractivity contribution is 0.445. The van der Waals surface area contributed by atoms with E-state index in [-0.39, 0.29) is 4.90 Å². The molecule has 7 nitrogen and oxygen atoms in total. The molecule has 0 fully saturated rings. The zero-order valence-corrected chi connectivity index (χ0v) is 19.6. The molecule has 0 spiro atoms. The van der Waals surface area contributed by atoms with Gasteiger partial charge in [0.25, 0.3) is 0 Å². The van der Waals surface area contributed by atoms with Crippen LogP contribution in [0.3, 0.4) is 0 Å². The molecule has 3 rings (SSSR count). The van der Waals surface area contributed by atoms with Crippen molar-refractivity contribution in [1.29, 1.82) is 0 Å². The van der Waals surface area contributed by atoms with E-state index < -0.39 is 10.0 Å². The first-order chi connectivity index (χ1) is 14.3. The smallest absolute Gasteiger partial charge is 0.243 e. The molecule has 30 heavy (non-hydrogen) atoms. The fourth-order valence-electron chi connectivity index (χ4n) is 2.86. The molecule has 1 heterocycles. The molecule has 0 saturated heterocycles. The van der Waals surface area contributed by atoms with Gasteiger partial charge in [0.15, 0.2) is 5.82 Å². The fraction of sp³-hybridized carbons (Fsp3) is 0.263. The molecule has 2 aromatic carbocycles. The highest BCUT2D eigenvalue weighted by Gasteiger charge is 2.23. The van der Waals surface area contributed by atoms with Gasteiger partial charge in [-0.05, 0) is 29.8 Å². The number of rotatable bonds is 8. The minimum absolute atomic E-state index is 0.189. The maximum Gasteiger partial charge on any atom is 0.243 e. The maximum absolute atomic E-state index is 12.8. The summed E-state index contributed by atoms with van der Waals surface area (Å²) in [4.78, 5) is 0.189. The van der Waals surface area contributed by atoms with Crippen LogP contribution in [-0.2, 0) is 15.8 Å². The van der Waals surface area contributed by atoms with Crippen LogP contribution >= 0.6 is 35.0 Å². The Kier molecular flexibility index (Phi) is 7.30. The van der Waals surface area contributed by atoms with E-state index in [0.29, 0.717) is 45.4 Å². The van der Waals surface area contributed by atoms with Crippen molar-refractivity contribution >= 4 is 45.0 Å². The normalized spacial score (nSPS) is 11.9. The minimum atomic E-state index is -3.59. The fourth-order valence-corrected chi connectivity index (χ4v) is 5.78. The van der Waals surface area contributed by atoms with Crippen LogP contribution in [0.5, 0.6) is 0 Å². The summed E-state index contributed by atoms with van der Waals surface area (Å²) in [5.41, 5.74) is 1.46. The molecule has 2 N–H and O–H groups in total. The third-order valence-electron chi connectivity index (χ3n) is 4.47. The number of hydrogen-bond donors (Lipinski definition) is 1. The van der Waals surface area contributed by atoms with Gasteiger partial charge in [-0.2, -0.15) is 4.31 Å². The van der Waals surface area contributed by atoms with Crippen LogP contribution < -0.4 is 5.84 Å². The molecular weight excluding hydrogens is 465 g/mol. The summed E-state index contributed by atoms with van der Waals surface area (Å²) in [6, 6.07) is 11.8. The number of nitrogen functional groups attached to an aromatic ring is 1. The molecule has 0 radical (unpaired) electrons. The second-order valence-electron chi connectivity index (χ2n) is 6.32. The molecule has 0 amide bonds. The summed E-state index contributed by atoms with van der Waals surface area (Å²) in [5, 5.41) is 9.89. The van der Waals surface area contributed by atoms with Gasteiger partial charge in [0.05, 0.1) is 4.90 Å². The molecule has 1 aromatic heterocycles. The van der Waals surface area contributed by atoms with E-state index in [1.165, 1.54) is 20.7 Å². The number of halogens is 2. The van der Waals surface area contributed by atoms with Gasteiger partial charge in [0, 0.05) is 34.5 Å². The highest BCUT2D eigenvalue weighted by molar-refractivity contribution is 7.98. The van der Waals surface area contributed by atoms with Crippen molar-refractivity contribution in [2.24, 2.45) is 0 Å². The van der Waals surface area contributed by atoms with E-state index in [4.69, 9.17) is 29.0 Å². The van der Waals surface area contributed by atoms with E-state index in [0.717, 1.165) is 5.56 Å². The van der Waals surface area contributed by atoms with Crippen LogP contribution in [0.1, 0.15) is 19.4 Å². The highest BCUT2D eigenvalue weighted by Crippen LogP contribution is 2.29. The Balaban J connectivity index is 1.85. The topological polar surface area (TPSA) is 94.1 Å². The summed E-state index contributed by atoms with van der Waals surface area (Å²) in [6.07, 6.45) is 0. The molecule has 0 aliphatic rings. The number of aromatic nitrogens is 3. The molecule has 3 aromatic rings. The molecule has 0 aliphatic carbocycles. The van der Waals surface area contributed by atoms with Crippen molar-refractivity contribution < 1.29 is 8.42 Å². The Labute approximate surface area is 190 Å². The van der Waals surface area contributed by atoms with Gasteiger partial charge in [-0.1, -0.05) is 67.0 Å². The zero-order valence-electron chi connectivity index (χ0n) is 16.4. The predicted octanol–water partition coefficient (Wildman–Crippen LogP) is 4.29. The average molecular weight is 486 g/mol. The van der Waals surface area contributed by atoms with Gasteiger partial charge < -0.3 is 5.84 Å². The molecule has 160 valence electrons. The first-order valence-corrected chi connectivity index (χ1v) is 12.3. The second kappa shape index (κ2) is 9.57. The van der Waals surface area contributed by atoms with Crippen LogP contribution in [0.4, 0.5) is 0 Å². The lowest BCUT2D eigenvalue weighted by atomic mass is 10.2. The molecule has 0 atom stereocenters. The number of nitrogens with two attached hydrogens (primary N) is 1. The number of hydrogen-bond acceptors (Lipinski definition) is 6. The van der Waals surface area contributed by atoms with Crippen LogP contribution in [-0.4, -0.2) is 40.7 Å². The van der Waals surface area contributed by atoms with Crippen molar-refractivity contribution in [1.82, 2.24) is 19.2 Å². The Bertz CT molecular complexity index is 1150. The van der Waals surface area contributed by atoms with E-state index in [9.17, 15) is 8.42 Å². The third-order valence-corrected chi connectivity index (χ3v) is 8.10. The Morgan fingerprint density at radius 1 is 1.10 bits per heavy atom. The van der Waals surface area contributed by atoms with Crippen molar-refractivity contribution in [3.05, 3.63) is 58.1 Å². The minimum Gasteiger partial charge on any atom is -0.335 e. The van der Waals surface area contributed by atoms with Crippen molar-refractivity contribution in [2.45, 2.75) is 29.7 Å². The van der Waals surface area contributed by atoms with Crippen molar-refractivity contribution in [3.8, 4) is 11.4 Å². The van der Waals surface area contributed by atoms with Gasteiger partial charge >= 0.3 is 0 Å². The van der Waals surface area contributed by atoms with E-state index >= 15 is 0 Å².